The molecular formula is C19H40N+. The van der Waals surface area contributed by atoms with Gasteiger partial charge in [-0.2, -0.15) is 0 Å². The largest absolute Gasteiger partial charge is 0.325 e. The van der Waals surface area contributed by atoms with E-state index in [1.54, 1.807) is 0 Å². The monoisotopic (exact) mass is 282 g/mol. The fraction of sp³-hybridized carbons (Fsp3) is 0.895. The predicted octanol–water partition coefficient (Wildman–Crippen LogP) is 5.81. The fourth-order valence-electron chi connectivity index (χ4n) is 2.77. The Morgan fingerprint density at radius 1 is 0.800 bits per heavy atom. The van der Waals surface area contributed by atoms with Gasteiger partial charge >= 0.3 is 0 Å². The SMILES string of the molecule is C=CC[N+](C)(C)CCCCCCCCCCCC(C)C. The topological polar surface area (TPSA) is 0 Å². The summed E-state index contributed by atoms with van der Waals surface area (Å²) < 4.78 is 1.10. The third-order valence-electron chi connectivity index (χ3n) is 4.17. The zero-order valence-corrected chi connectivity index (χ0v) is 14.8. The van der Waals surface area contributed by atoms with Crippen LogP contribution in [0.3, 0.4) is 0 Å². The smallest absolute Gasteiger partial charge is 0.0966 e. The molecule has 20 heavy (non-hydrogen) atoms. The third-order valence-corrected chi connectivity index (χ3v) is 4.17. The molecule has 0 unspecified atom stereocenters. The van der Waals surface area contributed by atoms with Gasteiger partial charge in [0.05, 0.1) is 27.2 Å². The Bertz CT molecular complexity index is 218. The second-order valence-corrected chi connectivity index (χ2v) is 7.50. The van der Waals surface area contributed by atoms with Crippen molar-refractivity contribution in [1.82, 2.24) is 0 Å². The highest BCUT2D eigenvalue weighted by Gasteiger charge is 2.10. The minimum absolute atomic E-state index is 0.888. The van der Waals surface area contributed by atoms with E-state index in [-0.39, 0.29) is 0 Å². The molecule has 0 saturated carbocycles. The van der Waals surface area contributed by atoms with E-state index < -0.39 is 0 Å². The molecule has 0 aromatic rings. The Labute approximate surface area is 129 Å². The summed E-state index contributed by atoms with van der Waals surface area (Å²) in [7, 11) is 4.61. The molecule has 0 fully saturated rings. The van der Waals surface area contributed by atoms with Gasteiger partial charge in [0, 0.05) is 0 Å². The highest BCUT2D eigenvalue weighted by atomic mass is 15.3. The molecule has 0 aliphatic carbocycles. The van der Waals surface area contributed by atoms with Crippen LogP contribution >= 0.6 is 0 Å². The summed E-state index contributed by atoms with van der Waals surface area (Å²) in [6, 6.07) is 0. The number of hydrogen-bond donors (Lipinski definition) is 0. The van der Waals surface area contributed by atoms with Crippen LogP contribution in [-0.2, 0) is 0 Å². The van der Waals surface area contributed by atoms with Crippen LogP contribution in [0.1, 0.15) is 78.1 Å². The number of nitrogens with zero attached hydrogens (tertiary/aromatic N) is 1. The van der Waals surface area contributed by atoms with Crippen LogP contribution in [0.15, 0.2) is 12.7 Å². The molecule has 0 saturated heterocycles. The molecule has 0 aliphatic heterocycles. The van der Waals surface area contributed by atoms with E-state index in [4.69, 9.17) is 0 Å². The van der Waals surface area contributed by atoms with Crippen molar-refractivity contribution in [2.24, 2.45) is 5.92 Å². The summed E-state index contributed by atoms with van der Waals surface area (Å²) >= 11 is 0. The second kappa shape index (κ2) is 12.4. The first kappa shape index (κ1) is 19.7. The molecule has 0 aromatic heterocycles. The van der Waals surface area contributed by atoms with Gasteiger partial charge in [0.2, 0.25) is 0 Å². The van der Waals surface area contributed by atoms with Gasteiger partial charge in [-0.3, -0.25) is 0 Å². The normalized spacial score (nSPS) is 12.1. The van der Waals surface area contributed by atoms with Gasteiger partial charge in [-0.15, -0.1) is 0 Å². The molecule has 1 heteroatoms. The van der Waals surface area contributed by atoms with Crippen molar-refractivity contribution < 1.29 is 4.48 Å². The molecule has 0 aliphatic rings. The van der Waals surface area contributed by atoms with E-state index in [1.165, 1.54) is 70.8 Å². The Balaban J connectivity index is 3.19. The van der Waals surface area contributed by atoms with Crippen LogP contribution in [0.4, 0.5) is 0 Å². The maximum absolute atomic E-state index is 3.84. The highest BCUT2D eigenvalue weighted by Crippen LogP contribution is 2.13. The summed E-state index contributed by atoms with van der Waals surface area (Å²) in [4.78, 5) is 0. The van der Waals surface area contributed by atoms with Crippen LogP contribution in [0.2, 0.25) is 0 Å². The van der Waals surface area contributed by atoms with Crippen molar-refractivity contribution in [3.05, 3.63) is 12.7 Å². The maximum Gasteiger partial charge on any atom is 0.0966 e. The average Bonchev–Trinajstić information content (AvgIpc) is 2.35. The van der Waals surface area contributed by atoms with E-state index in [2.05, 4.69) is 34.5 Å². The van der Waals surface area contributed by atoms with Crippen LogP contribution < -0.4 is 0 Å². The quantitative estimate of drug-likeness (QED) is 0.214. The Kier molecular flexibility index (Phi) is 12.3. The molecule has 0 rings (SSSR count). The van der Waals surface area contributed by atoms with E-state index in [9.17, 15) is 0 Å². The van der Waals surface area contributed by atoms with Gasteiger partial charge in [-0.25, -0.2) is 0 Å². The number of hydrogen-bond acceptors (Lipinski definition) is 0. The fourth-order valence-corrected chi connectivity index (χ4v) is 2.77. The van der Waals surface area contributed by atoms with Crippen molar-refractivity contribution in [2.45, 2.75) is 78.1 Å². The standard InChI is InChI=1S/C19H40N/c1-6-17-20(4,5)18-15-13-11-9-7-8-10-12-14-16-19(2)3/h6,19H,1,7-18H2,2-5H3/q+1. The number of quaternary nitrogens is 1. The van der Waals surface area contributed by atoms with Gasteiger partial charge in [-0.05, 0) is 24.8 Å². The van der Waals surface area contributed by atoms with Crippen molar-refractivity contribution in [1.29, 1.82) is 0 Å². The lowest BCUT2D eigenvalue weighted by Gasteiger charge is -2.28. The molecule has 1 nitrogen and oxygen atoms in total. The minimum atomic E-state index is 0.888. The van der Waals surface area contributed by atoms with Crippen molar-refractivity contribution in [3.8, 4) is 0 Å². The predicted molar refractivity (Wildman–Crippen MR) is 93.0 cm³/mol. The molecule has 0 amide bonds. The first-order valence-corrected chi connectivity index (χ1v) is 8.91. The highest BCUT2D eigenvalue weighted by molar-refractivity contribution is 4.64. The van der Waals surface area contributed by atoms with E-state index in [0.717, 1.165) is 16.9 Å². The van der Waals surface area contributed by atoms with E-state index in [0.29, 0.717) is 0 Å². The van der Waals surface area contributed by atoms with Gasteiger partial charge < -0.3 is 4.48 Å². The molecule has 0 aromatic carbocycles. The summed E-state index contributed by atoms with van der Waals surface area (Å²) in [6.07, 6.45) is 16.4. The van der Waals surface area contributed by atoms with Gasteiger partial charge in [0.25, 0.3) is 0 Å². The molecule has 0 heterocycles. The first-order valence-electron chi connectivity index (χ1n) is 8.91. The Morgan fingerprint density at radius 2 is 1.25 bits per heavy atom. The Hall–Kier alpha value is -0.300. The molecule has 0 N–H and O–H groups in total. The number of likely N-dealkylation sites (N-methyl/N-ethyl adjacent to an activating group) is 1. The van der Waals surface area contributed by atoms with Crippen molar-refractivity contribution in [2.75, 3.05) is 27.2 Å². The third kappa shape index (κ3) is 14.1. The molecule has 120 valence electrons. The summed E-state index contributed by atoms with van der Waals surface area (Å²) in [5.41, 5.74) is 0. The number of rotatable bonds is 14. The molecule has 0 spiro atoms. The lowest BCUT2D eigenvalue weighted by atomic mass is 10.0. The minimum Gasteiger partial charge on any atom is -0.325 e. The summed E-state index contributed by atoms with van der Waals surface area (Å²) in [5.74, 6) is 0.888. The zero-order valence-electron chi connectivity index (χ0n) is 14.8. The van der Waals surface area contributed by atoms with Crippen LogP contribution in [0.25, 0.3) is 0 Å². The average molecular weight is 283 g/mol. The van der Waals surface area contributed by atoms with Crippen LogP contribution in [0.5, 0.6) is 0 Å². The molecule has 0 atom stereocenters. The molecule has 0 radical (unpaired) electrons. The molecular weight excluding hydrogens is 242 g/mol. The Morgan fingerprint density at radius 3 is 1.70 bits per heavy atom. The zero-order chi connectivity index (χ0) is 15.3. The maximum atomic E-state index is 3.84. The lowest BCUT2D eigenvalue weighted by Crippen LogP contribution is -2.40. The van der Waals surface area contributed by atoms with Crippen LogP contribution in [0, 0.1) is 5.92 Å². The number of unbranched alkanes of at least 4 members (excludes halogenated alkanes) is 8. The summed E-state index contributed by atoms with van der Waals surface area (Å²) in [5, 5.41) is 0. The van der Waals surface area contributed by atoms with E-state index >= 15 is 0 Å². The van der Waals surface area contributed by atoms with Crippen molar-refractivity contribution in [3.63, 3.8) is 0 Å². The lowest BCUT2D eigenvalue weighted by molar-refractivity contribution is -0.884. The van der Waals surface area contributed by atoms with Gasteiger partial charge in [-0.1, -0.05) is 71.8 Å². The van der Waals surface area contributed by atoms with Gasteiger partial charge in [0.1, 0.15) is 0 Å². The summed E-state index contributed by atoms with van der Waals surface area (Å²) in [6.45, 7) is 10.9. The van der Waals surface area contributed by atoms with Crippen molar-refractivity contribution >= 4 is 0 Å². The van der Waals surface area contributed by atoms with E-state index in [1.807, 2.05) is 6.08 Å². The van der Waals surface area contributed by atoms with Crippen LogP contribution in [-0.4, -0.2) is 31.7 Å². The molecule has 0 bridgehead atoms. The van der Waals surface area contributed by atoms with Gasteiger partial charge in [0.15, 0.2) is 0 Å². The first-order chi connectivity index (χ1) is 9.48. The second-order valence-electron chi connectivity index (χ2n) is 7.50.